The number of hydrogen-bond acceptors (Lipinski definition) is 5. The Balaban J connectivity index is 1.82. The summed E-state index contributed by atoms with van der Waals surface area (Å²) in [5.74, 6) is 0. The van der Waals surface area contributed by atoms with Crippen LogP contribution in [0.15, 0.2) is 16.3 Å². The Morgan fingerprint density at radius 3 is 2.55 bits per heavy atom. The first-order valence-electron chi connectivity index (χ1n) is 7.82. The average Bonchev–Trinajstić information content (AvgIpc) is 2.95. The quantitative estimate of drug-likeness (QED) is 0.769. The lowest BCUT2D eigenvalue weighted by Crippen LogP contribution is -2.44. The third-order valence-corrected chi connectivity index (χ3v) is 7.20. The molecule has 1 aliphatic heterocycles. The lowest BCUT2D eigenvalue weighted by Gasteiger charge is -2.26. The number of thiophene rings is 1. The van der Waals surface area contributed by atoms with Gasteiger partial charge >= 0.3 is 0 Å². The molecule has 22 heavy (non-hydrogen) atoms. The summed E-state index contributed by atoms with van der Waals surface area (Å²) in [6.07, 6.45) is 0.844. The maximum absolute atomic E-state index is 12.3. The Kier molecular flexibility index (Phi) is 6.01. The molecule has 0 radical (unpaired) electrons. The van der Waals surface area contributed by atoms with E-state index in [1.165, 1.54) is 11.3 Å². The van der Waals surface area contributed by atoms with Crippen LogP contribution in [0.2, 0.25) is 0 Å². The molecule has 2 rings (SSSR count). The Bertz CT molecular complexity index is 570. The van der Waals surface area contributed by atoms with E-state index >= 15 is 0 Å². The first kappa shape index (κ1) is 17.9. The molecule has 7 heteroatoms. The second kappa shape index (κ2) is 7.40. The lowest BCUT2D eigenvalue weighted by molar-refractivity contribution is 0.239. The van der Waals surface area contributed by atoms with Gasteiger partial charge in [0, 0.05) is 37.6 Å². The third-order valence-electron chi connectivity index (χ3n) is 3.74. The fraction of sp³-hybridized carbons (Fsp3) is 0.733. The molecule has 0 saturated carbocycles. The van der Waals surface area contributed by atoms with Crippen LogP contribution in [0, 0.1) is 0 Å². The van der Waals surface area contributed by atoms with Gasteiger partial charge in [0.25, 0.3) is 0 Å². The molecule has 0 spiro atoms. The van der Waals surface area contributed by atoms with Gasteiger partial charge < -0.3 is 10.2 Å². The maximum Gasteiger partial charge on any atom is 0.250 e. The fourth-order valence-electron chi connectivity index (χ4n) is 2.38. The van der Waals surface area contributed by atoms with Crippen molar-refractivity contribution in [2.24, 2.45) is 0 Å². The highest BCUT2D eigenvalue weighted by Gasteiger charge is 2.21. The molecular formula is C15H27N3O2S2. The molecule has 1 aliphatic rings. The van der Waals surface area contributed by atoms with Crippen molar-refractivity contribution in [2.45, 2.75) is 36.8 Å². The predicted octanol–water partition coefficient (Wildman–Crippen LogP) is 1.62. The van der Waals surface area contributed by atoms with Crippen molar-refractivity contribution in [3.8, 4) is 0 Å². The van der Waals surface area contributed by atoms with Crippen molar-refractivity contribution in [2.75, 3.05) is 39.3 Å². The van der Waals surface area contributed by atoms with E-state index in [1.54, 1.807) is 6.07 Å². The summed E-state index contributed by atoms with van der Waals surface area (Å²) < 4.78 is 27.7. The van der Waals surface area contributed by atoms with Crippen molar-refractivity contribution >= 4 is 21.4 Å². The molecule has 1 fully saturated rings. The largest absolute Gasteiger partial charge is 0.314 e. The van der Waals surface area contributed by atoms with Crippen molar-refractivity contribution in [1.82, 2.24) is 14.9 Å². The van der Waals surface area contributed by atoms with E-state index in [2.05, 4.69) is 35.7 Å². The minimum absolute atomic E-state index is 0.0132. The zero-order valence-corrected chi connectivity index (χ0v) is 15.3. The zero-order valence-electron chi connectivity index (χ0n) is 13.7. The third kappa shape index (κ3) is 5.03. The molecule has 1 aromatic rings. The van der Waals surface area contributed by atoms with Gasteiger partial charge in [-0.3, -0.25) is 0 Å². The van der Waals surface area contributed by atoms with Crippen LogP contribution in [0.25, 0.3) is 0 Å². The highest BCUT2D eigenvalue weighted by Crippen LogP contribution is 2.31. The van der Waals surface area contributed by atoms with Gasteiger partial charge in [-0.2, -0.15) is 0 Å². The number of sulfonamides is 1. The van der Waals surface area contributed by atoms with E-state index in [1.807, 2.05) is 6.07 Å². The van der Waals surface area contributed by atoms with Gasteiger partial charge in [0.1, 0.15) is 4.21 Å². The summed E-state index contributed by atoms with van der Waals surface area (Å²) >= 11 is 1.36. The van der Waals surface area contributed by atoms with Gasteiger partial charge in [-0.25, -0.2) is 13.1 Å². The van der Waals surface area contributed by atoms with Crippen LogP contribution in [0.5, 0.6) is 0 Å². The molecule has 2 N–H and O–H groups in total. The van der Waals surface area contributed by atoms with Crippen LogP contribution >= 0.6 is 11.3 Å². The molecule has 0 aliphatic carbocycles. The van der Waals surface area contributed by atoms with Crippen LogP contribution in [0.4, 0.5) is 0 Å². The molecule has 0 aromatic carbocycles. The Morgan fingerprint density at radius 1 is 1.27 bits per heavy atom. The normalized spacial score (nSPS) is 17.8. The van der Waals surface area contributed by atoms with E-state index in [-0.39, 0.29) is 5.41 Å². The van der Waals surface area contributed by atoms with Crippen molar-refractivity contribution in [3.63, 3.8) is 0 Å². The van der Waals surface area contributed by atoms with Gasteiger partial charge in [0.15, 0.2) is 0 Å². The Hall–Kier alpha value is -0.470. The van der Waals surface area contributed by atoms with Gasteiger partial charge in [0.05, 0.1) is 0 Å². The summed E-state index contributed by atoms with van der Waals surface area (Å²) in [5, 5.41) is 3.31. The van der Waals surface area contributed by atoms with E-state index < -0.39 is 10.0 Å². The second-order valence-electron chi connectivity index (χ2n) is 6.71. The highest BCUT2D eigenvalue weighted by atomic mass is 32.2. The summed E-state index contributed by atoms with van der Waals surface area (Å²) in [4.78, 5) is 3.46. The predicted molar refractivity (Wildman–Crippen MR) is 92.1 cm³/mol. The molecule has 2 heterocycles. The second-order valence-corrected chi connectivity index (χ2v) is 9.79. The average molecular weight is 346 g/mol. The molecule has 1 aromatic heterocycles. The van der Waals surface area contributed by atoms with Crippen LogP contribution in [0.3, 0.4) is 0 Å². The molecule has 5 nitrogen and oxygen atoms in total. The number of rotatable bonds is 6. The first-order valence-corrected chi connectivity index (χ1v) is 10.1. The summed E-state index contributed by atoms with van der Waals surface area (Å²) in [5.41, 5.74) is -0.0132. The van der Waals surface area contributed by atoms with Gasteiger partial charge in [-0.15, -0.1) is 11.3 Å². The van der Waals surface area contributed by atoms with E-state index in [0.717, 1.165) is 44.0 Å². The SMILES string of the molecule is CC(C)(C)c1ccc(S(=O)(=O)NCCCN2CCNCC2)s1. The number of piperazine rings is 1. The van der Waals surface area contributed by atoms with Crippen LogP contribution in [-0.2, 0) is 15.4 Å². The zero-order chi connectivity index (χ0) is 16.2. The smallest absolute Gasteiger partial charge is 0.250 e. The number of nitrogens with zero attached hydrogens (tertiary/aromatic N) is 1. The Labute approximate surface area is 138 Å². The monoisotopic (exact) mass is 345 g/mol. The molecule has 126 valence electrons. The molecule has 1 saturated heterocycles. The van der Waals surface area contributed by atoms with Gasteiger partial charge in [0.2, 0.25) is 10.0 Å². The van der Waals surface area contributed by atoms with Crippen molar-refractivity contribution in [3.05, 3.63) is 17.0 Å². The van der Waals surface area contributed by atoms with Crippen molar-refractivity contribution < 1.29 is 8.42 Å². The minimum Gasteiger partial charge on any atom is -0.314 e. The van der Waals surface area contributed by atoms with E-state index in [0.29, 0.717) is 10.8 Å². The summed E-state index contributed by atoms with van der Waals surface area (Å²) in [6.45, 7) is 11.9. The topological polar surface area (TPSA) is 61.4 Å². The molecule has 0 unspecified atom stereocenters. The van der Waals surface area contributed by atoms with E-state index in [4.69, 9.17) is 0 Å². The number of hydrogen-bond donors (Lipinski definition) is 2. The highest BCUT2D eigenvalue weighted by molar-refractivity contribution is 7.91. The van der Waals surface area contributed by atoms with Crippen LogP contribution in [-0.4, -0.2) is 52.6 Å². The first-order chi connectivity index (χ1) is 10.3. The molecule has 0 bridgehead atoms. The summed E-state index contributed by atoms with van der Waals surface area (Å²) in [6, 6.07) is 3.63. The maximum atomic E-state index is 12.3. The standard InChI is InChI=1S/C15H27N3O2S2/c1-15(2,3)13-5-6-14(21-13)22(19,20)17-7-4-10-18-11-8-16-9-12-18/h5-6,16-17H,4,7-12H2,1-3H3. The fourth-order valence-corrected chi connectivity index (χ4v) is 4.87. The van der Waals surface area contributed by atoms with E-state index in [9.17, 15) is 8.42 Å². The van der Waals surface area contributed by atoms with Crippen molar-refractivity contribution in [1.29, 1.82) is 0 Å². The van der Waals surface area contributed by atoms with Gasteiger partial charge in [-0.05, 0) is 30.5 Å². The summed E-state index contributed by atoms with van der Waals surface area (Å²) in [7, 11) is -3.37. The molecule has 0 atom stereocenters. The van der Waals surface area contributed by atoms with Gasteiger partial charge in [-0.1, -0.05) is 20.8 Å². The van der Waals surface area contributed by atoms with Crippen LogP contribution in [0.1, 0.15) is 32.1 Å². The molecular weight excluding hydrogens is 318 g/mol. The Morgan fingerprint density at radius 2 is 1.95 bits per heavy atom. The lowest BCUT2D eigenvalue weighted by atomic mass is 9.95. The minimum atomic E-state index is -3.37. The van der Waals surface area contributed by atoms with Crippen LogP contribution < -0.4 is 10.0 Å². The molecule has 0 amide bonds. The number of nitrogens with one attached hydrogen (secondary N) is 2.